The number of anilines is 1. The number of hydrogen-bond donors (Lipinski definition) is 1. The maximum Gasteiger partial charge on any atom is 0.164 e. The van der Waals surface area contributed by atoms with E-state index in [9.17, 15) is 0 Å². The van der Waals surface area contributed by atoms with Gasteiger partial charge in [-0.05, 0) is 52.0 Å². The first-order chi connectivity index (χ1) is 10.7. The van der Waals surface area contributed by atoms with Gasteiger partial charge in [-0.2, -0.15) is 0 Å². The van der Waals surface area contributed by atoms with E-state index in [-0.39, 0.29) is 18.3 Å². The first-order valence-electron chi connectivity index (χ1n) is 7.90. The molecule has 1 aromatic rings. The Bertz CT molecular complexity index is 542. The SMILES string of the molecule is CC1(C)OC[C@H]([C@H]2OC(C)(C)O[C@@H]2COc2ccc(N)cc2)O1. The van der Waals surface area contributed by atoms with Crippen LogP contribution in [0.3, 0.4) is 0 Å². The molecule has 3 rings (SSSR count). The molecule has 128 valence electrons. The molecule has 0 radical (unpaired) electrons. The molecular formula is C17H25NO5. The normalized spacial score (nSPS) is 32.1. The van der Waals surface area contributed by atoms with Crippen molar-refractivity contribution in [2.24, 2.45) is 0 Å². The molecule has 2 saturated heterocycles. The predicted molar refractivity (Wildman–Crippen MR) is 85.1 cm³/mol. The van der Waals surface area contributed by atoms with Gasteiger partial charge < -0.3 is 29.4 Å². The number of benzene rings is 1. The van der Waals surface area contributed by atoms with Gasteiger partial charge in [-0.1, -0.05) is 0 Å². The molecule has 0 aromatic heterocycles. The second-order valence-corrected chi connectivity index (χ2v) is 6.89. The summed E-state index contributed by atoms with van der Waals surface area (Å²) in [5.74, 6) is -0.519. The van der Waals surface area contributed by atoms with E-state index in [2.05, 4.69) is 0 Å². The largest absolute Gasteiger partial charge is 0.491 e. The van der Waals surface area contributed by atoms with Crippen LogP contribution in [-0.4, -0.2) is 43.1 Å². The van der Waals surface area contributed by atoms with Gasteiger partial charge in [0, 0.05) is 5.69 Å². The fourth-order valence-electron chi connectivity index (χ4n) is 2.93. The van der Waals surface area contributed by atoms with Crippen LogP contribution >= 0.6 is 0 Å². The van der Waals surface area contributed by atoms with E-state index in [0.717, 1.165) is 5.75 Å². The quantitative estimate of drug-likeness (QED) is 0.857. The molecule has 2 fully saturated rings. The first-order valence-corrected chi connectivity index (χ1v) is 7.90. The van der Waals surface area contributed by atoms with Crippen LogP contribution in [0.5, 0.6) is 5.75 Å². The summed E-state index contributed by atoms with van der Waals surface area (Å²) in [6, 6.07) is 7.28. The van der Waals surface area contributed by atoms with Gasteiger partial charge in [0.2, 0.25) is 0 Å². The molecule has 23 heavy (non-hydrogen) atoms. The van der Waals surface area contributed by atoms with E-state index >= 15 is 0 Å². The third kappa shape index (κ3) is 3.95. The van der Waals surface area contributed by atoms with E-state index in [0.29, 0.717) is 18.9 Å². The predicted octanol–water partition coefficient (Wildman–Crippen LogP) is 2.32. The van der Waals surface area contributed by atoms with Crippen LogP contribution in [-0.2, 0) is 18.9 Å². The summed E-state index contributed by atoms with van der Waals surface area (Å²) in [6.45, 7) is 8.43. The summed E-state index contributed by atoms with van der Waals surface area (Å²) < 4.78 is 29.4. The van der Waals surface area contributed by atoms with Crippen LogP contribution < -0.4 is 10.5 Å². The van der Waals surface area contributed by atoms with Crippen LogP contribution in [0.15, 0.2) is 24.3 Å². The second kappa shape index (κ2) is 5.94. The Morgan fingerprint density at radius 2 is 1.74 bits per heavy atom. The minimum Gasteiger partial charge on any atom is -0.491 e. The van der Waals surface area contributed by atoms with Crippen molar-refractivity contribution in [1.82, 2.24) is 0 Å². The van der Waals surface area contributed by atoms with Crippen molar-refractivity contribution in [1.29, 1.82) is 0 Å². The van der Waals surface area contributed by atoms with Gasteiger partial charge in [-0.25, -0.2) is 0 Å². The zero-order chi connectivity index (χ0) is 16.7. The number of hydrogen-bond acceptors (Lipinski definition) is 6. The fraction of sp³-hybridized carbons (Fsp3) is 0.647. The zero-order valence-corrected chi connectivity index (χ0v) is 14.1. The molecule has 6 heteroatoms. The minimum atomic E-state index is -0.671. The molecule has 0 aliphatic carbocycles. The Morgan fingerprint density at radius 1 is 1.04 bits per heavy atom. The van der Waals surface area contributed by atoms with E-state index < -0.39 is 11.6 Å². The highest BCUT2D eigenvalue weighted by Gasteiger charge is 2.49. The lowest BCUT2D eigenvalue weighted by atomic mass is 10.1. The third-order valence-electron chi connectivity index (χ3n) is 3.91. The Kier molecular flexibility index (Phi) is 4.27. The van der Waals surface area contributed by atoms with Gasteiger partial charge in [0.25, 0.3) is 0 Å². The van der Waals surface area contributed by atoms with Crippen molar-refractivity contribution >= 4 is 5.69 Å². The molecular weight excluding hydrogens is 298 g/mol. The molecule has 0 amide bonds. The van der Waals surface area contributed by atoms with E-state index in [1.54, 1.807) is 12.1 Å². The van der Waals surface area contributed by atoms with Gasteiger partial charge in [-0.3, -0.25) is 0 Å². The zero-order valence-electron chi connectivity index (χ0n) is 14.1. The van der Waals surface area contributed by atoms with E-state index in [1.807, 2.05) is 39.8 Å². The molecule has 2 heterocycles. The monoisotopic (exact) mass is 323 g/mol. The first kappa shape index (κ1) is 16.5. The van der Waals surface area contributed by atoms with Gasteiger partial charge in [0.1, 0.15) is 30.7 Å². The van der Waals surface area contributed by atoms with Gasteiger partial charge in [0.15, 0.2) is 11.6 Å². The molecule has 2 aliphatic rings. The summed E-state index contributed by atoms with van der Waals surface area (Å²) in [4.78, 5) is 0. The Morgan fingerprint density at radius 3 is 2.35 bits per heavy atom. The van der Waals surface area contributed by atoms with Gasteiger partial charge in [-0.15, -0.1) is 0 Å². The molecule has 6 nitrogen and oxygen atoms in total. The van der Waals surface area contributed by atoms with Crippen LogP contribution in [0.25, 0.3) is 0 Å². The number of ether oxygens (including phenoxy) is 5. The van der Waals surface area contributed by atoms with Gasteiger partial charge in [0.05, 0.1) is 6.61 Å². The van der Waals surface area contributed by atoms with Crippen LogP contribution in [0.4, 0.5) is 5.69 Å². The van der Waals surface area contributed by atoms with Crippen molar-refractivity contribution in [3.8, 4) is 5.75 Å². The summed E-state index contributed by atoms with van der Waals surface area (Å²) in [7, 11) is 0. The van der Waals surface area contributed by atoms with Crippen molar-refractivity contribution in [2.45, 2.75) is 57.6 Å². The lowest BCUT2D eigenvalue weighted by Gasteiger charge is -2.23. The van der Waals surface area contributed by atoms with Crippen molar-refractivity contribution in [3.05, 3.63) is 24.3 Å². The highest BCUT2D eigenvalue weighted by molar-refractivity contribution is 5.41. The molecule has 0 saturated carbocycles. The summed E-state index contributed by atoms with van der Waals surface area (Å²) >= 11 is 0. The molecule has 2 N–H and O–H groups in total. The maximum absolute atomic E-state index is 6.02. The molecule has 3 atom stereocenters. The Balaban J connectivity index is 1.65. The second-order valence-electron chi connectivity index (χ2n) is 6.89. The third-order valence-corrected chi connectivity index (χ3v) is 3.91. The maximum atomic E-state index is 6.02. The molecule has 2 aliphatic heterocycles. The number of nitrogens with two attached hydrogens (primary N) is 1. The van der Waals surface area contributed by atoms with E-state index in [1.165, 1.54) is 0 Å². The van der Waals surface area contributed by atoms with Crippen molar-refractivity contribution in [2.75, 3.05) is 18.9 Å². The van der Waals surface area contributed by atoms with E-state index in [4.69, 9.17) is 29.4 Å². The molecule has 0 bridgehead atoms. The molecule has 1 aromatic carbocycles. The lowest BCUT2D eigenvalue weighted by Crippen LogP contribution is -2.40. The summed E-state index contributed by atoms with van der Waals surface area (Å²) in [5.41, 5.74) is 6.38. The number of rotatable bonds is 4. The standard InChI is InChI=1S/C17H25NO5/c1-16(2)20-10-14(21-16)15-13(22-17(3,4)23-15)9-19-12-7-5-11(18)6-8-12/h5-8,13-15H,9-10,18H2,1-4H3/t13-,14-,15+/m1/s1. The summed E-state index contributed by atoms with van der Waals surface area (Å²) in [6.07, 6.45) is -0.641. The van der Waals surface area contributed by atoms with Gasteiger partial charge >= 0.3 is 0 Å². The Labute approximate surface area is 136 Å². The average molecular weight is 323 g/mol. The summed E-state index contributed by atoms with van der Waals surface area (Å²) in [5, 5.41) is 0. The highest BCUT2D eigenvalue weighted by atomic mass is 16.8. The minimum absolute atomic E-state index is 0.174. The Hall–Kier alpha value is -1.34. The molecule has 0 unspecified atom stereocenters. The lowest BCUT2D eigenvalue weighted by molar-refractivity contribution is -0.174. The smallest absolute Gasteiger partial charge is 0.164 e. The van der Waals surface area contributed by atoms with Crippen LogP contribution in [0.2, 0.25) is 0 Å². The molecule has 0 spiro atoms. The van der Waals surface area contributed by atoms with Crippen molar-refractivity contribution < 1.29 is 23.7 Å². The van der Waals surface area contributed by atoms with Crippen LogP contribution in [0.1, 0.15) is 27.7 Å². The average Bonchev–Trinajstić information content (AvgIpc) is 2.97. The highest BCUT2D eigenvalue weighted by Crippen LogP contribution is 2.35. The topological polar surface area (TPSA) is 72.2 Å². The van der Waals surface area contributed by atoms with Crippen molar-refractivity contribution in [3.63, 3.8) is 0 Å². The fourth-order valence-corrected chi connectivity index (χ4v) is 2.93. The van der Waals surface area contributed by atoms with Crippen LogP contribution in [0, 0.1) is 0 Å². The number of nitrogen functional groups attached to an aromatic ring is 1.